The van der Waals surface area contributed by atoms with Gasteiger partial charge in [-0.2, -0.15) is 0 Å². The number of hydrogen-bond donors (Lipinski definition) is 1. The zero-order chi connectivity index (χ0) is 16.8. The maximum absolute atomic E-state index is 12.0. The summed E-state index contributed by atoms with van der Waals surface area (Å²) in [4.78, 5) is 16.6. The van der Waals surface area contributed by atoms with E-state index < -0.39 is 0 Å². The molecule has 5 heteroatoms. The van der Waals surface area contributed by atoms with Crippen LogP contribution in [0.1, 0.15) is 16.7 Å². The van der Waals surface area contributed by atoms with Crippen molar-refractivity contribution in [3.63, 3.8) is 0 Å². The van der Waals surface area contributed by atoms with Crippen molar-refractivity contribution in [2.45, 2.75) is 19.1 Å². The molecule has 1 aliphatic heterocycles. The molecule has 0 fully saturated rings. The first-order chi connectivity index (χ1) is 11.7. The summed E-state index contributed by atoms with van der Waals surface area (Å²) in [6, 6.07) is 16.5. The lowest BCUT2D eigenvalue weighted by Gasteiger charge is -2.14. The number of rotatable bonds is 5. The molecule has 0 aliphatic carbocycles. The molecule has 0 bridgehead atoms. The van der Waals surface area contributed by atoms with E-state index in [1.54, 1.807) is 11.8 Å². The zero-order valence-corrected chi connectivity index (χ0v) is 15.3. The SMILES string of the molecule is Cc1ccccc1CCNC(=O)CSC1=Nc2ccccc2CS1. The average molecular weight is 357 g/mol. The van der Waals surface area contributed by atoms with E-state index in [1.165, 1.54) is 28.5 Å². The fraction of sp³-hybridized carbons (Fsp3) is 0.263. The molecular weight excluding hydrogens is 336 g/mol. The third-order valence-corrected chi connectivity index (χ3v) is 6.10. The maximum atomic E-state index is 12.0. The van der Waals surface area contributed by atoms with Crippen LogP contribution in [0.2, 0.25) is 0 Å². The van der Waals surface area contributed by atoms with Gasteiger partial charge in [0.15, 0.2) is 0 Å². The highest BCUT2D eigenvalue weighted by Crippen LogP contribution is 2.34. The molecule has 3 nitrogen and oxygen atoms in total. The van der Waals surface area contributed by atoms with Crippen LogP contribution in [0, 0.1) is 6.92 Å². The van der Waals surface area contributed by atoms with Crippen molar-refractivity contribution in [2.24, 2.45) is 4.99 Å². The third kappa shape index (κ3) is 4.65. The van der Waals surface area contributed by atoms with Gasteiger partial charge in [0.05, 0.1) is 11.4 Å². The van der Waals surface area contributed by atoms with Crippen molar-refractivity contribution >= 4 is 39.5 Å². The van der Waals surface area contributed by atoms with Crippen molar-refractivity contribution in [1.29, 1.82) is 0 Å². The number of benzene rings is 2. The first-order valence-electron chi connectivity index (χ1n) is 7.96. The second-order valence-electron chi connectivity index (χ2n) is 5.61. The molecule has 1 N–H and O–H groups in total. The summed E-state index contributed by atoms with van der Waals surface area (Å²) in [6.45, 7) is 2.77. The molecule has 0 radical (unpaired) electrons. The Morgan fingerprint density at radius 3 is 2.88 bits per heavy atom. The molecule has 2 aromatic rings. The molecule has 0 spiro atoms. The van der Waals surface area contributed by atoms with Crippen LogP contribution in [0.25, 0.3) is 0 Å². The fourth-order valence-corrected chi connectivity index (χ4v) is 4.38. The van der Waals surface area contributed by atoms with Gasteiger partial charge in [0.25, 0.3) is 0 Å². The van der Waals surface area contributed by atoms with E-state index in [2.05, 4.69) is 35.4 Å². The monoisotopic (exact) mass is 356 g/mol. The molecule has 124 valence electrons. The molecule has 1 aliphatic rings. The number of thioether (sulfide) groups is 2. The molecule has 0 unspecified atom stereocenters. The van der Waals surface area contributed by atoms with E-state index in [1.807, 2.05) is 30.3 Å². The summed E-state index contributed by atoms with van der Waals surface area (Å²) in [5.74, 6) is 1.41. The quantitative estimate of drug-likeness (QED) is 0.867. The van der Waals surface area contributed by atoms with E-state index >= 15 is 0 Å². The van der Waals surface area contributed by atoms with Gasteiger partial charge in [0.2, 0.25) is 5.91 Å². The van der Waals surface area contributed by atoms with Gasteiger partial charge in [0, 0.05) is 12.3 Å². The molecule has 0 atom stereocenters. The van der Waals surface area contributed by atoms with Gasteiger partial charge >= 0.3 is 0 Å². The highest BCUT2D eigenvalue weighted by atomic mass is 32.2. The standard InChI is InChI=1S/C19H20N2OS2/c1-14-6-2-3-7-15(14)10-11-20-18(22)13-24-19-21-17-9-5-4-8-16(17)12-23-19/h2-9H,10-13H2,1H3,(H,20,22). The molecule has 2 aromatic carbocycles. The summed E-state index contributed by atoms with van der Waals surface area (Å²) in [6.07, 6.45) is 0.867. The van der Waals surface area contributed by atoms with Crippen molar-refractivity contribution in [3.05, 3.63) is 65.2 Å². The Kier molecular flexibility index (Phi) is 5.99. The second-order valence-corrected chi connectivity index (χ2v) is 7.80. The van der Waals surface area contributed by atoms with Gasteiger partial charge in [-0.3, -0.25) is 4.79 Å². The molecule has 24 heavy (non-hydrogen) atoms. The smallest absolute Gasteiger partial charge is 0.230 e. The van der Waals surface area contributed by atoms with Crippen molar-refractivity contribution in [3.8, 4) is 0 Å². The molecular formula is C19H20N2OS2. The van der Waals surface area contributed by atoms with Crippen LogP contribution in [0.5, 0.6) is 0 Å². The largest absolute Gasteiger partial charge is 0.355 e. The van der Waals surface area contributed by atoms with Gasteiger partial charge in [0.1, 0.15) is 4.38 Å². The van der Waals surface area contributed by atoms with E-state index in [0.29, 0.717) is 12.3 Å². The van der Waals surface area contributed by atoms with Gasteiger partial charge in [-0.25, -0.2) is 4.99 Å². The minimum absolute atomic E-state index is 0.0655. The molecule has 0 aromatic heterocycles. The number of aliphatic imine (C=N–C) groups is 1. The van der Waals surface area contributed by atoms with E-state index in [0.717, 1.165) is 22.2 Å². The van der Waals surface area contributed by atoms with Crippen molar-refractivity contribution < 1.29 is 4.79 Å². The minimum Gasteiger partial charge on any atom is -0.355 e. The number of fused-ring (bicyclic) bond motifs is 1. The number of aryl methyl sites for hydroxylation is 1. The highest BCUT2D eigenvalue weighted by Gasteiger charge is 2.13. The first-order valence-corrected chi connectivity index (χ1v) is 9.93. The van der Waals surface area contributed by atoms with Crippen LogP contribution in [0.4, 0.5) is 5.69 Å². The lowest BCUT2D eigenvalue weighted by molar-refractivity contribution is -0.118. The number of carbonyl (C=O) groups excluding carboxylic acids is 1. The van der Waals surface area contributed by atoms with Gasteiger partial charge in [-0.1, -0.05) is 66.0 Å². The van der Waals surface area contributed by atoms with Gasteiger partial charge in [-0.05, 0) is 36.1 Å². The van der Waals surface area contributed by atoms with Crippen LogP contribution in [-0.2, 0) is 17.0 Å². The average Bonchev–Trinajstić information content (AvgIpc) is 2.61. The topological polar surface area (TPSA) is 41.5 Å². The van der Waals surface area contributed by atoms with E-state index in [4.69, 9.17) is 0 Å². The Balaban J connectivity index is 1.43. The zero-order valence-electron chi connectivity index (χ0n) is 13.6. The Bertz CT molecular complexity index is 759. The number of para-hydroxylation sites is 1. The summed E-state index contributed by atoms with van der Waals surface area (Å²) in [5.41, 5.74) is 4.84. The summed E-state index contributed by atoms with van der Waals surface area (Å²) >= 11 is 3.22. The highest BCUT2D eigenvalue weighted by molar-refractivity contribution is 8.38. The first kappa shape index (κ1) is 17.1. The van der Waals surface area contributed by atoms with Crippen LogP contribution in [0.15, 0.2) is 53.5 Å². The van der Waals surface area contributed by atoms with E-state index in [9.17, 15) is 4.79 Å². The van der Waals surface area contributed by atoms with Gasteiger partial charge < -0.3 is 5.32 Å². The lowest BCUT2D eigenvalue weighted by Crippen LogP contribution is -2.27. The second kappa shape index (κ2) is 8.40. The minimum atomic E-state index is 0.0655. The number of amides is 1. The van der Waals surface area contributed by atoms with E-state index in [-0.39, 0.29) is 5.91 Å². The normalized spacial score (nSPS) is 13.1. The van der Waals surface area contributed by atoms with Crippen LogP contribution < -0.4 is 5.32 Å². The van der Waals surface area contributed by atoms with Crippen LogP contribution >= 0.6 is 23.5 Å². The summed E-state index contributed by atoms with van der Waals surface area (Å²) in [5, 5.41) is 2.99. The molecule has 0 saturated heterocycles. The van der Waals surface area contributed by atoms with Crippen LogP contribution in [0.3, 0.4) is 0 Å². The number of nitrogens with zero attached hydrogens (tertiary/aromatic N) is 1. The molecule has 3 rings (SSSR count). The Morgan fingerprint density at radius 2 is 2.00 bits per heavy atom. The van der Waals surface area contributed by atoms with Gasteiger partial charge in [-0.15, -0.1) is 0 Å². The molecule has 1 heterocycles. The Morgan fingerprint density at radius 1 is 1.21 bits per heavy atom. The maximum Gasteiger partial charge on any atom is 0.230 e. The third-order valence-electron chi connectivity index (χ3n) is 3.86. The number of carbonyl (C=O) groups is 1. The predicted molar refractivity (Wildman–Crippen MR) is 105 cm³/mol. The fourth-order valence-electron chi connectivity index (χ4n) is 2.49. The van der Waals surface area contributed by atoms with Crippen molar-refractivity contribution in [1.82, 2.24) is 5.32 Å². The van der Waals surface area contributed by atoms with Crippen LogP contribution in [-0.4, -0.2) is 22.6 Å². The summed E-state index contributed by atoms with van der Waals surface area (Å²) < 4.78 is 0.975. The molecule has 0 saturated carbocycles. The summed E-state index contributed by atoms with van der Waals surface area (Å²) in [7, 11) is 0. The lowest BCUT2D eigenvalue weighted by atomic mass is 10.1. The molecule has 1 amide bonds. The number of hydrogen-bond acceptors (Lipinski definition) is 4. The Labute approximate surface area is 151 Å². The predicted octanol–water partition coefficient (Wildman–Crippen LogP) is 4.32. The van der Waals surface area contributed by atoms with Crippen molar-refractivity contribution in [2.75, 3.05) is 12.3 Å². The number of nitrogens with one attached hydrogen (secondary N) is 1. The Hall–Kier alpha value is -1.72.